The lowest BCUT2D eigenvalue weighted by Crippen LogP contribution is -2.56. The van der Waals surface area contributed by atoms with Crippen LogP contribution in [-0.4, -0.2) is 78.8 Å². The Morgan fingerprint density at radius 3 is 2.75 bits per heavy atom. The topological polar surface area (TPSA) is 88.9 Å². The number of para-hydroxylation sites is 4. The number of aryl methyl sites for hydroxylation is 1. The van der Waals surface area contributed by atoms with Crippen molar-refractivity contribution in [2.24, 2.45) is 11.8 Å². The van der Waals surface area contributed by atoms with E-state index >= 15 is 0 Å². The minimum Gasteiger partial charge on any atom is -0.490 e. The number of rotatable bonds is 10. The van der Waals surface area contributed by atoms with Gasteiger partial charge in [-0.3, -0.25) is 9.59 Å². The van der Waals surface area contributed by atoms with Gasteiger partial charge in [-0.15, -0.1) is 0 Å². The number of anilines is 1. The van der Waals surface area contributed by atoms with Gasteiger partial charge < -0.3 is 29.2 Å². The van der Waals surface area contributed by atoms with Crippen LogP contribution in [0.3, 0.4) is 0 Å². The number of nitrogens with zero attached hydrogens (tertiary/aromatic N) is 4. The third kappa shape index (κ3) is 6.00. The van der Waals surface area contributed by atoms with E-state index in [1.165, 1.54) is 0 Å². The summed E-state index contributed by atoms with van der Waals surface area (Å²) in [7, 11) is 1.71. The van der Waals surface area contributed by atoms with E-state index in [1.54, 1.807) is 7.11 Å². The third-order valence-corrected chi connectivity index (χ3v) is 7.76. The summed E-state index contributed by atoms with van der Waals surface area (Å²) in [5, 5.41) is 3.46. The quantitative estimate of drug-likeness (QED) is 0.387. The van der Waals surface area contributed by atoms with Crippen LogP contribution in [0.4, 0.5) is 5.69 Å². The molecule has 0 spiro atoms. The molecule has 40 heavy (non-hydrogen) atoms. The van der Waals surface area contributed by atoms with Crippen molar-refractivity contribution in [1.82, 2.24) is 19.8 Å². The Labute approximate surface area is 236 Å². The molecule has 2 aromatic carbocycles. The molecule has 1 fully saturated rings. The fraction of sp³-hybridized carbons (Fsp3) is 0.516. The van der Waals surface area contributed by atoms with E-state index in [0.717, 1.165) is 35.3 Å². The van der Waals surface area contributed by atoms with Crippen LogP contribution >= 0.6 is 0 Å². The summed E-state index contributed by atoms with van der Waals surface area (Å²) in [5.74, 6) is 1.24. The lowest BCUT2D eigenvalue weighted by Gasteiger charge is -2.40. The van der Waals surface area contributed by atoms with Crippen LogP contribution in [0.15, 0.2) is 48.5 Å². The number of carbonyl (C=O) groups is 2. The predicted molar refractivity (Wildman–Crippen MR) is 156 cm³/mol. The first-order chi connectivity index (χ1) is 19.5. The first-order valence-corrected chi connectivity index (χ1v) is 14.5. The van der Waals surface area contributed by atoms with Crippen molar-refractivity contribution in [2.45, 2.75) is 45.7 Å². The molecule has 2 amide bonds. The fourth-order valence-electron chi connectivity index (χ4n) is 5.86. The van der Waals surface area contributed by atoms with Gasteiger partial charge in [0, 0.05) is 45.9 Å². The second-order valence-corrected chi connectivity index (χ2v) is 11.2. The van der Waals surface area contributed by atoms with E-state index in [4.69, 9.17) is 14.5 Å². The van der Waals surface area contributed by atoms with Crippen molar-refractivity contribution < 1.29 is 19.1 Å². The Morgan fingerprint density at radius 1 is 1.12 bits per heavy atom. The third-order valence-electron chi connectivity index (χ3n) is 7.76. The first kappa shape index (κ1) is 28.1. The number of amides is 2. The van der Waals surface area contributed by atoms with Gasteiger partial charge >= 0.3 is 0 Å². The Bertz CT molecular complexity index is 1320. The van der Waals surface area contributed by atoms with Gasteiger partial charge in [0.1, 0.15) is 12.4 Å². The number of nitrogens with one attached hydrogen (secondary N) is 1. The maximum atomic E-state index is 14.3. The fourth-order valence-corrected chi connectivity index (χ4v) is 5.86. The maximum absolute atomic E-state index is 14.3. The molecule has 1 aromatic heterocycles. The molecule has 0 saturated carbocycles. The van der Waals surface area contributed by atoms with Crippen LogP contribution in [0, 0.1) is 11.8 Å². The molecule has 9 nitrogen and oxygen atoms in total. The number of carbonyl (C=O) groups excluding carboxylic acids is 2. The van der Waals surface area contributed by atoms with Crippen LogP contribution in [-0.2, 0) is 16.1 Å². The number of hydrogen-bond acceptors (Lipinski definition) is 6. The zero-order valence-corrected chi connectivity index (χ0v) is 23.8. The number of benzene rings is 2. The van der Waals surface area contributed by atoms with E-state index in [1.807, 2.05) is 58.3 Å². The number of unbranched alkanes of at least 4 members (excludes halogenated alkanes) is 1. The molecule has 214 valence electrons. The highest BCUT2D eigenvalue weighted by Gasteiger charge is 2.37. The van der Waals surface area contributed by atoms with Crippen molar-refractivity contribution >= 4 is 28.5 Å². The van der Waals surface area contributed by atoms with Gasteiger partial charge in [-0.1, -0.05) is 38.1 Å². The average Bonchev–Trinajstić information content (AvgIpc) is 3.35. The van der Waals surface area contributed by atoms with Crippen LogP contribution in [0.5, 0.6) is 5.75 Å². The second-order valence-electron chi connectivity index (χ2n) is 11.2. The second kappa shape index (κ2) is 12.8. The lowest BCUT2D eigenvalue weighted by atomic mass is 9.92. The normalized spacial score (nSPS) is 18.9. The molecule has 3 heterocycles. The van der Waals surface area contributed by atoms with Crippen LogP contribution in [0.1, 0.15) is 43.7 Å². The highest BCUT2D eigenvalue weighted by Crippen LogP contribution is 2.33. The number of hydrogen-bond donors (Lipinski definition) is 1. The largest absolute Gasteiger partial charge is 0.490 e. The summed E-state index contributed by atoms with van der Waals surface area (Å²) >= 11 is 0. The average molecular weight is 548 g/mol. The number of imidazole rings is 1. The molecule has 1 saturated heterocycles. The van der Waals surface area contributed by atoms with Crippen molar-refractivity contribution in [3.63, 3.8) is 0 Å². The number of fused-ring (bicyclic) bond motifs is 2. The zero-order valence-electron chi connectivity index (χ0n) is 23.8. The van der Waals surface area contributed by atoms with Gasteiger partial charge in [0.2, 0.25) is 5.91 Å². The van der Waals surface area contributed by atoms with Gasteiger partial charge in [0.15, 0.2) is 5.82 Å². The standard InChI is InChI=1S/C31H41N5O4/c1-22(2)21-36(31(38)29-33-25-10-4-5-11-26(25)34(29)14-8-9-16-39-3)24-18-23(19-32-20-24)30(37)35-15-17-40-28-13-7-6-12-27(28)35/h4-7,10-13,22-24,32H,8-9,14-21H2,1-3H3/t23-,24+/m1/s1. The van der Waals surface area contributed by atoms with E-state index in [-0.39, 0.29) is 29.7 Å². The molecular formula is C31H41N5O4. The van der Waals surface area contributed by atoms with Crippen LogP contribution in [0.25, 0.3) is 11.0 Å². The number of piperidine rings is 1. The predicted octanol–water partition coefficient (Wildman–Crippen LogP) is 3.96. The molecule has 2 aliphatic rings. The molecule has 2 atom stereocenters. The SMILES string of the molecule is COCCCCn1c(C(=O)N(CC(C)C)[C@@H]2CNC[C@H](C(=O)N3CCOc4ccccc43)C2)nc2ccccc21. The lowest BCUT2D eigenvalue weighted by molar-refractivity contribution is -0.123. The highest BCUT2D eigenvalue weighted by atomic mass is 16.5. The first-order valence-electron chi connectivity index (χ1n) is 14.5. The van der Waals surface area contributed by atoms with Gasteiger partial charge in [-0.25, -0.2) is 4.98 Å². The highest BCUT2D eigenvalue weighted by molar-refractivity contribution is 5.97. The van der Waals surface area contributed by atoms with E-state index < -0.39 is 0 Å². The van der Waals surface area contributed by atoms with Gasteiger partial charge in [-0.05, 0) is 49.4 Å². The summed E-state index contributed by atoms with van der Waals surface area (Å²) in [5.41, 5.74) is 2.61. The van der Waals surface area contributed by atoms with Gasteiger partial charge in [0.25, 0.3) is 5.91 Å². The Hall–Kier alpha value is -3.43. The minimum absolute atomic E-state index is 0.0757. The summed E-state index contributed by atoms with van der Waals surface area (Å²) in [6, 6.07) is 15.5. The van der Waals surface area contributed by atoms with E-state index in [2.05, 4.69) is 23.7 Å². The molecule has 0 unspecified atom stereocenters. The Kier molecular flexibility index (Phi) is 9.01. The van der Waals surface area contributed by atoms with Crippen molar-refractivity contribution in [3.05, 3.63) is 54.4 Å². The number of aromatic nitrogens is 2. The number of methoxy groups -OCH3 is 1. The smallest absolute Gasteiger partial charge is 0.290 e. The van der Waals surface area contributed by atoms with Gasteiger partial charge in [-0.2, -0.15) is 0 Å². The van der Waals surface area contributed by atoms with Crippen molar-refractivity contribution in [1.29, 1.82) is 0 Å². The minimum atomic E-state index is -0.236. The molecule has 1 N–H and O–H groups in total. The monoisotopic (exact) mass is 547 g/mol. The summed E-state index contributed by atoms with van der Waals surface area (Å²) in [6.07, 6.45) is 2.41. The van der Waals surface area contributed by atoms with Crippen LogP contribution < -0.4 is 15.0 Å². The summed E-state index contributed by atoms with van der Waals surface area (Å²) in [6.45, 7) is 8.47. The molecular weight excluding hydrogens is 506 g/mol. The molecule has 3 aromatic rings. The molecule has 0 aliphatic carbocycles. The molecule has 2 aliphatic heterocycles. The maximum Gasteiger partial charge on any atom is 0.290 e. The Morgan fingerprint density at radius 2 is 1.93 bits per heavy atom. The van der Waals surface area contributed by atoms with Crippen molar-refractivity contribution in [3.8, 4) is 5.75 Å². The van der Waals surface area contributed by atoms with E-state index in [9.17, 15) is 9.59 Å². The molecule has 0 radical (unpaired) electrons. The van der Waals surface area contributed by atoms with Crippen molar-refractivity contribution in [2.75, 3.05) is 51.4 Å². The molecule has 5 rings (SSSR count). The van der Waals surface area contributed by atoms with E-state index in [0.29, 0.717) is 58.2 Å². The van der Waals surface area contributed by atoms with Crippen LogP contribution in [0.2, 0.25) is 0 Å². The molecule has 9 heteroatoms. The van der Waals surface area contributed by atoms with Gasteiger partial charge in [0.05, 0.1) is 29.2 Å². The summed E-state index contributed by atoms with van der Waals surface area (Å²) < 4.78 is 13.1. The molecule has 0 bridgehead atoms. The zero-order chi connectivity index (χ0) is 28.1. The summed E-state index contributed by atoms with van der Waals surface area (Å²) in [4.78, 5) is 36.7. The number of ether oxygens (including phenoxy) is 2. The Balaban J connectivity index is 1.39.